The van der Waals surface area contributed by atoms with Gasteiger partial charge in [0.15, 0.2) is 11.5 Å². The molecule has 43 heavy (non-hydrogen) atoms. The number of hydrogen-bond donors (Lipinski definition) is 8. The Morgan fingerprint density at radius 1 is 0.953 bits per heavy atom. The Kier molecular flexibility index (Phi) is 15.9. The Balaban J connectivity index is 2.29. The number of phenols is 2. The average molecular weight is 629 g/mol. The fourth-order valence-corrected chi connectivity index (χ4v) is 4.05. The van der Waals surface area contributed by atoms with Crippen molar-refractivity contribution < 1.29 is 53.9 Å². The number of aromatic hydroxyl groups is 2. The number of carbonyl (C=O) groups excluding carboxylic acids is 5. The largest absolute Gasteiger partial charge is 0.504 e. The van der Waals surface area contributed by atoms with Crippen LogP contribution >= 0.6 is 11.8 Å². The lowest BCUT2D eigenvalue weighted by Gasteiger charge is -2.29. The van der Waals surface area contributed by atoms with Crippen LogP contribution < -0.4 is 21.3 Å². The number of ether oxygens (including phenoxy) is 1. The Morgan fingerprint density at radius 2 is 1.65 bits per heavy atom. The van der Waals surface area contributed by atoms with Crippen molar-refractivity contribution in [3.8, 4) is 11.5 Å². The van der Waals surface area contributed by atoms with Gasteiger partial charge in [0.05, 0.1) is 6.61 Å². The van der Waals surface area contributed by atoms with E-state index in [0.717, 1.165) is 24.2 Å². The predicted molar refractivity (Wildman–Crippen MR) is 155 cm³/mol. The minimum absolute atomic E-state index is 0.0855. The van der Waals surface area contributed by atoms with Crippen molar-refractivity contribution in [2.45, 2.75) is 58.6 Å². The van der Waals surface area contributed by atoms with Crippen LogP contribution in [0.3, 0.4) is 0 Å². The molecular weight excluding hydrogens is 588 g/mol. The first-order chi connectivity index (χ1) is 20.1. The second kappa shape index (κ2) is 18.5. The van der Waals surface area contributed by atoms with Gasteiger partial charge in [-0.15, -0.1) is 0 Å². The lowest BCUT2D eigenvalue weighted by molar-refractivity contribution is -0.156. The lowest BCUT2D eigenvalue weighted by Crippen LogP contribution is -2.48. The lowest BCUT2D eigenvalue weighted by atomic mass is 9.87. The van der Waals surface area contributed by atoms with Crippen LogP contribution in [-0.2, 0) is 35.1 Å². The molecule has 0 aromatic heterocycles. The average Bonchev–Trinajstić information content (AvgIpc) is 2.93. The number of carboxylic acid groups (broad SMARTS) is 1. The molecule has 0 aliphatic heterocycles. The zero-order chi connectivity index (χ0) is 32.6. The summed E-state index contributed by atoms with van der Waals surface area (Å²) in [5.74, 6) is -3.96. The third-order valence-electron chi connectivity index (χ3n) is 5.92. The van der Waals surface area contributed by atoms with Gasteiger partial charge >= 0.3 is 11.9 Å². The molecular formula is C27H40N4O11S. The summed E-state index contributed by atoms with van der Waals surface area (Å²) < 4.78 is 5.14. The molecule has 16 heteroatoms. The molecule has 2 atom stereocenters. The van der Waals surface area contributed by atoms with Gasteiger partial charge in [-0.05, 0) is 30.5 Å². The second-order valence-corrected chi connectivity index (χ2v) is 11.3. The summed E-state index contributed by atoms with van der Waals surface area (Å²) in [6.45, 7) is 4.12. The SMILES string of the molecule is CC(=O)N[C@@H](CCC(=O)O)C(=O)OCC(C)(C)[C@@H](O)C(=O)NCCC(=O)NCCSC(=O)NCCc1ccc(O)c(O)c1. The summed E-state index contributed by atoms with van der Waals surface area (Å²) >= 11 is 0.970. The number of thioether (sulfide) groups is 1. The molecule has 0 unspecified atom stereocenters. The topological polar surface area (TPSA) is 241 Å². The molecule has 0 aliphatic rings. The molecule has 1 aromatic rings. The number of aliphatic hydroxyl groups is 1. The first-order valence-corrected chi connectivity index (χ1v) is 14.4. The van der Waals surface area contributed by atoms with Gasteiger partial charge in [-0.25, -0.2) is 4.79 Å². The number of phenolic OH excluding ortho intramolecular Hbond substituents is 2. The summed E-state index contributed by atoms with van der Waals surface area (Å²) in [4.78, 5) is 70.8. The minimum Gasteiger partial charge on any atom is -0.504 e. The number of hydrogen-bond acceptors (Lipinski definition) is 11. The van der Waals surface area contributed by atoms with E-state index in [2.05, 4.69) is 21.3 Å². The number of rotatable bonds is 18. The molecule has 0 radical (unpaired) electrons. The molecule has 0 spiro atoms. The zero-order valence-corrected chi connectivity index (χ0v) is 25.1. The number of aliphatic hydroxyl groups excluding tert-OH is 1. The normalized spacial score (nSPS) is 12.4. The number of carbonyl (C=O) groups is 6. The quantitative estimate of drug-likeness (QED) is 0.0609. The van der Waals surface area contributed by atoms with Gasteiger partial charge < -0.3 is 46.4 Å². The highest BCUT2D eigenvalue weighted by Gasteiger charge is 2.36. The molecule has 0 fully saturated rings. The van der Waals surface area contributed by atoms with Gasteiger partial charge in [-0.1, -0.05) is 31.7 Å². The first-order valence-electron chi connectivity index (χ1n) is 13.4. The van der Waals surface area contributed by atoms with Gasteiger partial charge in [0.25, 0.3) is 5.24 Å². The van der Waals surface area contributed by atoms with Crippen molar-refractivity contribution >= 4 is 46.7 Å². The third kappa shape index (κ3) is 15.1. The van der Waals surface area contributed by atoms with Gasteiger partial charge in [-0.2, -0.15) is 0 Å². The van der Waals surface area contributed by atoms with Gasteiger partial charge in [-0.3, -0.25) is 24.0 Å². The van der Waals surface area contributed by atoms with Crippen LogP contribution in [0, 0.1) is 5.41 Å². The predicted octanol–water partition coefficient (Wildman–Crippen LogP) is 0.00540. The first kappa shape index (κ1) is 37.0. The van der Waals surface area contributed by atoms with Crippen molar-refractivity contribution in [2.24, 2.45) is 5.41 Å². The highest BCUT2D eigenvalue weighted by Crippen LogP contribution is 2.25. The van der Waals surface area contributed by atoms with Crippen molar-refractivity contribution in [1.82, 2.24) is 21.3 Å². The zero-order valence-electron chi connectivity index (χ0n) is 24.3. The molecule has 0 saturated carbocycles. The van der Waals surface area contributed by atoms with E-state index in [4.69, 9.17) is 9.84 Å². The number of aliphatic carboxylic acids is 1. The highest BCUT2D eigenvalue weighted by molar-refractivity contribution is 8.13. The molecule has 1 aromatic carbocycles. The van der Waals surface area contributed by atoms with Gasteiger partial charge in [0, 0.05) is 50.6 Å². The molecule has 0 heterocycles. The van der Waals surface area contributed by atoms with Crippen LogP contribution in [0.2, 0.25) is 0 Å². The fraction of sp³-hybridized carbons (Fsp3) is 0.556. The van der Waals surface area contributed by atoms with Crippen molar-refractivity contribution in [3.63, 3.8) is 0 Å². The van der Waals surface area contributed by atoms with E-state index in [-0.39, 0.29) is 55.0 Å². The summed E-state index contributed by atoms with van der Waals surface area (Å²) in [5.41, 5.74) is -0.514. The number of nitrogens with one attached hydrogen (secondary N) is 4. The molecule has 240 valence electrons. The van der Waals surface area contributed by atoms with Crippen LogP contribution in [0.4, 0.5) is 4.79 Å². The number of benzene rings is 1. The van der Waals surface area contributed by atoms with Crippen molar-refractivity contribution in [1.29, 1.82) is 0 Å². The smallest absolute Gasteiger partial charge is 0.328 e. The molecule has 0 aliphatic carbocycles. The molecule has 0 saturated heterocycles. The molecule has 15 nitrogen and oxygen atoms in total. The van der Waals surface area contributed by atoms with Crippen LogP contribution in [0.15, 0.2) is 18.2 Å². The summed E-state index contributed by atoms with van der Waals surface area (Å²) in [7, 11) is 0. The minimum atomic E-state index is -1.61. The van der Waals surface area contributed by atoms with E-state index in [9.17, 15) is 44.1 Å². The van der Waals surface area contributed by atoms with E-state index in [1.54, 1.807) is 6.07 Å². The summed E-state index contributed by atoms with van der Waals surface area (Å²) in [6, 6.07) is 3.20. The van der Waals surface area contributed by atoms with E-state index >= 15 is 0 Å². The molecule has 0 bridgehead atoms. The van der Waals surface area contributed by atoms with E-state index in [0.29, 0.717) is 18.7 Å². The standard InChI is InChI=1S/C27H40N4O11S/c1-16(32)31-18(5-7-22(36)37)25(40)42-15-27(2,3)23(38)24(39)29-11-9-21(35)28-12-13-43-26(41)30-10-8-17-4-6-19(33)20(34)14-17/h4,6,14,18,23,33-34,38H,5,7-13,15H2,1-3H3,(H,28,35)(H,29,39)(H,30,41)(H,31,32)(H,36,37)/t18-,23-/m0/s1. The van der Waals surface area contributed by atoms with E-state index in [1.165, 1.54) is 26.0 Å². The van der Waals surface area contributed by atoms with Crippen LogP contribution in [0.5, 0.6) is 11.5 Å². The molecule has 8 N–H and O–H groups in total. The Hall–Kier alpha value is -4.05. The maximum Gasteiger partial charge on any atom is 0.328 e. The van der Waals surface area contributed by atoms with Crippen LogP contribution in [0.1, 0.15) is 45.6 Å². The second-order valence-electron chi connectivity index (χ2n) is 10.2. The van der Waals surface area contributed by atoms with Crippen LogP contribution in [-0.4, -0.2) is 99.5 Å². The summed E-state index contributed by atoms with van der Waals surface area (Å²) in [5, 5.41) is 47.8. The number of esters is 1. The monoisotopic (exact) mass is 628 g/mol. The summed E-state index contributed by atoms with van der Waals surface area (Å²) in [6.07, 6.45) is -1.83. The van der Waals surface area contributed by atoms with E-state index in [1.807, 2.05) is 0 Å². The Morgan fingerprint density at radius 3 is 2.28 bits per heavy atom. The van der Waals surface area contributed by atoms with Crippen LogP contribution in [0.25, 0.3) is 0 Å². The number of amides is 4. The number of carboxylic acids is 1. The van der Waals surface area contributed by atoms with Crippen molar-refractivity contribution in [3.05, 3.63) is 23.8 Å². The van der Waals surface area contributed by atoms with E-state index < -0.39 is 47.9 Å². The van der Waals surface area contributed by atoms with Crippen molar-refractivity contribution in [2.75, 3.05) is 32.0 Å². The fourth-order valence-electron chi connectivity index (χ4n) is 3.46. The van der Waals surface area contributed by atoms with Gasteiger partial charge in [0.1, 0.15) is 12.1 Å². The Labute approximate surface area is 253 Å². The Bertz CT molecular complexity index is 1150. The van der Waals surface area contributed by atoms with Gasteiger partial charge in [0.2, 0.25) is 17.7 Å². The maximum absolute atomic E-state index is 12.4. The molecule has 4 amide bonds. The maximum atomic E-state index is 12.4. The molecule has 1 rings (SSSR count). The third-order valence-corrected chi connectivity index (χ3v) is 6.73. The highest BCUT2D eigenvalue weighted by atomic mass is 32.2.